The second-order valence-corrected chi connectivity index (χ2v) is 9.95. The van der Waals surface area contributed by atoms with E-state index in [1.165, 1.54) is 37.0 Å². The number of anilines is 1. The summed E-state index contributed by atoms with van der Waals surface area (Å²) in [6, 6.07) is 14.6. The third-order valence-corrected chi connectivity index (χ3v) is 7.88. The van der Waals surface area contributed by atoms with Gasteiger partial charge in [-0.1, -0.05) is 35.5 Å². The van der Waals surface area contributed by atoms with Crippen LogP contribution in [0.2, 0.25) is 0 Å². The first kappa shape index (κ1) is 23.0. The molecule has 0 unspecified atom stereocenters. The van der Waals surface area contributed by atoms with E-state index in [1.807, 2.05) is 35.2 Å². The maximum absolute atomic E-state index is 13.2. The number of hydrogen-bond donors (Lipinski definition) is 0. The fourth-order valence-electron chi connectivity index (χ4n) is 4.14. The Labute approximate surface area is 203 Å². The first-order chi connectivity index (χ1) is 17.0. The number of hydrogen-bond acceptors (Lipinski definition) is 9. The lowest BCUT2D eigenvalue weighted by molar-refractivity contribution is 0.353. The Kier molecular flexibility index (Phi) is 6.22. The summed E-state index contributed by atoms with van der Waals surface area (Å²) in [6.07, 6.45) is 1.50. The third kappa shape index (κ3) is 4.37. The molecule has 0 atom stereocenters. The molecule has 11 nitrogen and oxygen atoms in total. The lowest BCUT2D eigenvalue weighted by atomic mass is 10.2. The second-order valence-electron chi connectivity index (χ2n) is 8.01. The summed E-state index contributed by atoms with van der Waals surface area (Å²) in [4.78, 5) is 11.0. The van der Waals surface area contributed by atoms with Crippen molar-refractivity contribution in [1.29, 1.82) is 0 Å². The van der Waals surface area contributed by atoms with Gasteiger partial charge in [0.25, 0.3) is 0 Å². The maximum Gasteiger partial charge on any atom is 0.243 e. The summed E-state index contributed by atoms with van der Waals surface area (Å²) in [5.41, 5.74) is 2.33. The van der Waals surface area contributed by atoms with Crippen LogP contribution in [0.4, 0.5) is 5.82 Å². The smallest absolute Gasteiger partial charge is 0.243 e. The molecule has 0 bridgehead atoms. The van der Waals surface area contributed by atoms with Crippen molar-refractivity contribution in [2.45, 2.75) is 11.4 Å². The van der Waals surface area contributed by atoms with Crippen molar-refractivity contribution in [1.82, 2.24) is 29.3 Å². The average Bonchev–Trinajstić information content (AvgIpc) is 3.31. The molecule has 3 heterocycles. The zero-order chi connectivity index (χ0) is 24.4. The fraction of sp³-hybridized carbons (Fsp3) is 0.304. The summed E-state index contributed by atoms with van der Waals surface area (Å²) < 4.78 is 40.2. The molecule has 1 aliphatic heterocycles. The Balaban J connectivity index is 1.34. The largest absolute Gasteiger partial charge is 0.493 e. The zero-order valence-corrected chi connectivity index (χ0v) is 20.2. The van der Waals surface area contributed by atoms with Gasteiger partial charge in [0, 0.05) is 32.2 Å². The Morgan fingerprint density at radius 3 is 2.37 bits per heavy atom. The summed E-state index contributed by atoms with van der Waals surface area (Å²) in [5.74, 6) is 1.50. The standard InChI is InChI=1S/C23H25N7O4S/c1-33-19-9-8-18(14-20(19)34-2)35(31,32)29-12-10-28(11-13-29)22-21-23(25-16-24-22)30(27-26-21)15-17-6-4-3-5-7-17/h3-9,14,16H,10-13,15H2,1-2H3. The van der Waals surface area contributed by atoms with Gasteiger partial charge in [-0.25, -0.2) is 23.1 Å². The Morgan fingerprint density at radius 1 is 0.914 bits per heavy atom. The van der Waals surface area contributed by atoms with Crippen LogP contribution >= 0.6 is 0 Å². The molecule has 2 aromatic heterocycles. The molecular formula is C23H25N7O4S. The van der Waals surface area contributed by atoms with Gasteiger partial charge in [-0.05, 0) is 17.7 Å². The number of rotatable bonds is 7. The van der Waals surface area contributed by atoms with Gasteiger partial charge in [0.15, 0.2) is 28.5 Å². The number of fused-ring (bicyclic) bond motifs is 1. The normalized spacial score (nSPS) is 14.9. The van der Waals surface area contributed by atoms with Gasteiger partial charge in [0.05, 0.1) is 25.7 Å². The molecule has 5 rings (SSSR count). The van der Waals surface area contributed by atoms with Crippen LogP contribution in [0, 0.1) is 0 Å². The van der Waals surface area contributed by atoms with Crippen LogP contribution in [0.5, 0.6) is 11.5 Å². The molecule has 1 saturated heterocycles. The SMILES string of the molecule is COc1ccc(S(=O)(=O)N2CCN(c3ncnc4c3nnn4Cc3ccccc3)CC2)cc1OC. The quantitative estimate of drug-likeness (QED) is 0.378. The Hall–Kier alpha value is -3.77. The van der Waals surface area contributed by atoms with E-state index in [9.17, 15) is 8.42 Å². The predicted octanol–water partition coefficient (Wildman–Crippen LogP) is 1.80. The van der Waals surface area contributed by atoms with E-state index in [0.29, 0.717) is 61.2 Å². The Morgan fingerprint density at radius 2 is 1.66 bits per heavy atom. The molecular weight excluding hydrogens is 470 g/mol. The predicted molar refractivity (Wildman–Crippen MR) is 129 cm³/mol. The molecule has 0 amide bonds. The molecule has 4 aromatic rings. The number of benzene rings is 2. The van der Waals surface area contributed by atoms with Crippen LogP contribution < -0.4 is 14.4 Å². The van der Waals surface area contributed by atoms with Crippen LogP contribution in [0.15, 0.2) is 59.8 Å². The number of nitrogens with zero attached hydrogens (tertiary/aromatic N) is 7. The highest BCUT2D eigenvalue weighted by molar-refractivity contribution is 7.89. The van der Waals surface area contributed by atoms with E-state index in [4.69, 9.17) is 9.47 Å². The molecule has 12 heteroatoms. The minimum atomic E-state index is -3.69. The van der Waals surface area contributed by atoms with Crippen LogP contribution in [-0.2, 0) is 16.6 Å². The van der Waals surface area contributed by atoms with Crippen molar-refractivity contribution in [3.05, 3.63) is 60.4 Å². The lowest BCUT2D eigenvalue weighted by Crippen LogP contribution is -2.49. The zero-order valence-electron chi connectivity index (χ0n) is 19.4. The van der Waals surface area contributed by atoms with Gasteiger partial charge in [0.2, 0.25) is 10.0 Å². The van der Waals surface area contributed by atoms with Crippen LogP contribution in [0.1, 0.15) is 5.56 Å². The van der Waals surface area contributed by atoms with Gasteiger partial charge in [-0.15, -0.1) is 5.10 Å². The van der Waals surface area contributed by atoms with Gasteiger partial charge in [0.1, 0.15) is 6.33 Å². The Bertz CT molecular complexity index is 1440. The van der Waals surface area contributed by atoms with E-state index in [-0.39, 0.29) is 4.90 Å². The molecule has 35 heavy (non-hydrogen) atoms. The first-order valence-electron chi connectivity index (χ1n) is 11.1. The van der Waals surface area contributed by atoms with Gasteiger partial charge >= 0.3 is 0 Å². The lowest BCUT2D eigenvalue weighted by Gasteiger charge is -2.34. The van der Waals surface area contributed by atoms with Crippen molar-refractivity contribution in [3.8, 4) is 11.5 Å². The third-order valence-electron chi connectivity index (χ3n) is 5.99. The van der Waals surface area contributed by atoms with Gasteiger partial charge in [-0.3, -0.25) is 0 Å². The average molecular weight is 496 g/mol. The molecule has 1 aliphatic rings. The minimum absolute atomic E-state index is 0.164. The molecule has 2 aromatic carbocycles. The van der Waals surface area contributed by atoms with E-state index in [0.717, 1.165) is 5.56 Å². The highest BCUT2D eigenvalue weighted by atomic mass is 32.2. The minimum Gasteiger partial charge on any atom is -0.493 e. The highest BCUT2D eigenvalue weighted by Gasteiger charge is 2.31. The topological polar surface area (TPSA) is 116 Å². The molecule has 0 radical (unpaired) electrons. The number of sulfonamides is 1. The molecule has 0 saturated carbocycles. The van der Waals surface area contributed by atoms with Crippen LogP contribution in [0.25, 0.3) is 11.2 Å². The summed E-state index contributed by atoms with van der Waals surface area (Å²) in [5, 5.41) is 8.61. The maximum atomic E-state index is 13.2. The van der Waals surface area contributed by atoms with Crippen molar-refractivity contribution in [3.63, 3.8) is 0 Å². The van der Waals surface area contributed by atoms with Crippen molar-refractivity contribution in [2.75, 3.05) is 45.3 Å². The first-order valence-corrected chi connectivity index (χ1v) is 12.5. The fourth-order valence-corrected chi connectivity index (χ4v) is 5.58. The van der Waals surface area contributed by atoms with Crippen molar-refractivity contribution in [2.24, 2.45) is 0 Å². The monoisotopic (exact) mass is 495 g/mol. The van der Waals surface area contributed by atoms with E-state index >= 15 is 0 Å². The van der Waals surface area contributed by atoms with E-state index in [2.05, 4.69) is 20.3 Å². The van der Waals surface area contributed by atoms with Gasteiger partial charge < -0.3 is 14.4 Å². The highest BCUT2D eigenvalue weighted by Crippen LogP contribution is 2.31. The summed E-state index contributed by atoms with van der Waals surface area (Å²) in [6.45, 7) is 2.08. The number of aromatic nitrogens is 5. The number of ether oxygens (including phenoxy) is 2. The van der Waals surface area contributed by atoms with Crippen LogP contribution in [-0.4, -0.2) is 78.1 Å². The summed E-state index contributed by atoms with van der Waals surface area (Å²) in [7, 11) is -0.705. The van der Waals surface area contributed by atoms with Crippen LogP contribution in [0.3, 0.4) is 0 Å². The molecule has 1 fully saturated rings. The second kappa shape index (κ2) is 9.47. The van der Waals surface area contributed by atoms with E-state index in [1.54, 1.807) is 10.7 Å². The van der Waals surface area contributed by atoms with Gasteiger partial charge in [-0.2, -0.15) is 4.31 Å². The number of methoxy groups -OCH3 is 2. The number of piperazine rings is 1. The van der Waals surface area contributed by atoms with E-state index < -0.39 is 10.0 Å². The molecule has 0 spiro atoms. The molecule has 182 valence electrons. The molecule has 0 N–H and O–H groups in total. The van der Waals surface area contributed by atoms with Crippen molar-refractivity contribution < 1.29 is 17.9 Å². The van der Waals surface area contributed by atoms with Crippen molar-refractivity contribution >= 4 is 27.0 Å². The molecule has 0 aliphatic carbocycles. The summed E-state index contributed by atoms with van der Waals surface area (Å²) >= 11 is 0.